The fraction of sp³-hybridized carbons (Fsp3) is 0.174. The highest BCUT2D eigenvalue weighted by molar-refractivity contribution is 6.12. The number of rotatable bonds is 1. The molecule has 26 heavy (non-hydrogen) atoms. The Kier molecular flexibility index (Phi) is 3.35. The minimum absolute atomic E-state index is 0.0733. The van der Waals surface area contributed by atoms with Gasteiger partial charge in [-0.2, -0.15) is 0 Å². The summed E-state index contributed by atoms with van der Waals surface area (Å²) in [7, 11) is 0. The van der Waals surface area contributed by atoms with Crippen LogP contribution < -0.4 is 9.80 Å². The number of hydrogen-bond donors (Lipinski definition) is 0. The summed E-state index contributed by atoms with van der Waals surface area (Å²) in [6, 6.07) is 24.7. The summed E-state index contributed by atoms with van der Waals surface area (Å²) in [5.74, 6) is 0.0733. The maximum Gasteiger partial charge on any atom is 0.262 e. The average molecular weight is 340 g/mol. The Hall–Kier alpha value is -3.07. The number of aryl methyl sites for hydroxylation is 1. The predicted octanol–water partition coefficient (Wildman–Crippen LogP) is 4.72. The molecule has 3 nitrogen and oxygen atoms in total. The molecule has 0 fully saturated rings. The third kappa shape index (κ3) is 2.17. The van der Waals surface area contributed by atoms with Crippen LogP contribution in [0.3, 0.4) is 0 Å². The van der Waals surface area contributed by atoms with Gasteiger partial charge in [-0.05, 0) is 54.3 Å². The number of fused-ring (bicyclic) bond motifs is 5. The molecule has 0 bridgehead atoms. The molecule has 1 unspecified atom stereocenters. The number of carbonyl (C=O) groups is 1. The van der Waals surface area contributed by atoms with E-state index in [0.29, 0.717) is 0 Å². The molecule has 0 N–H and O–H groups in total. The standard InChI is InChI=1S/C23H20N2O/c1-16-7-6-9-18(15-16)25-22-19-10-3-2-8-17(19)13-14-24(22)21-12-5-4-11-20(21)23(25)26/h2-12,15,22H,13-14H2,1H3. The Morgan fingerprint density at radius 1 is 0.923 bits per heavy atom. The molecular weight excluding hydrogens is 320 g/mol. The van der Waals surface area contributed by atoms with Gasteiger partial charge in [0, 0.05) is 12.2 Å². The lowest BCUT2D eigenvalue weighted by molar-refractivity contribution is 0.0967. The Bertz CT molecular complexity index is 1010. The largest absolute Gasteiger partial charge is 0.346 e. The number of hydrogen-bond acceptors (Lipinski definition) is 2. The first-order valence-corrected chi connectivity index (χ1v) is 9.08. The predicted molar refractivity (Wildman–Crippen MR) is 105 cm³/mol. The lowest BCUT2D eigenvalue weighted by atomic mass is 9.91. The van der Waals surface area contributed by atoms with Crippen molar-refractivity contribution in [2.75, 3.05) is 16.3 Å². The molecule has 0 aromatic heterocycles. The van der Waals surface area contributed by atoms with Gasteiger partial charge in [-0.25, -0.2) is 0 Å². The smallest absolute Gasteiger partial charge is 0.262 e. The second-order valence-electron chi connectivity index (χ2n) is 7.05. The van der Waals surface area contributed by atoms with Crippen LogP contribution in [0.1, 0.15) is 33.2 Å². The third-order valence-electron chi connectivity index (χ3n) is 5.44. The van der Waals surface area contributed by atoms with E-state index in [2.05, 4.69) is 54.3 Å². The molecule has 3 aromatic rings. The zero-order chi connectivity index (χ0) is 17.7. The molecule has 2 heterocycles. The van der Waals surface area contributed by atoms with Crippen molar-refractivity contribution < 1.29 is 4.79 Å². The summed E-state index contributed by atoms with van der Waals surface area (Å²) in [4.78, 5) is 17.8. The van der Waals surface area contributed by atoms with E-state index in [9.17, 15) is 4.79 Å². The molecule has 1 atom stereocenters. The second-order valence-corrected chi connectivity index (χ2v) is 7.05. The van der Waals surface area contributed by atoms with Gasteiger partial charge in [0.1, 0.15) is 6.17 Å². The number of amides is 1. The van der Waals surface area contributed by atoms with E-state index in [4.69, 9.17) is 0 Å². The van der Waals surface area contributed by atoms with Crippen LogP contribution in [0.5, 0.6) is 0 Å². The minimum atomic E-state index is -0.0934. The number of anilines is 2. The van der Waals surface area contributed by atoms with E-state index in [1.807, 2.05) is 35.2 Å². The number of para-hydroxylation sites is 1. The van der Waals surface area contributed by atoms with Crippen molar-refractivity contribution in [1.29, 1.82) is 0 Å². The summed E-state index contributed by atoms with van der Waals surface area (Å²) in [6.07, 6.45) is 0.904. The molecule has 3 aromatic carbocycles. The lowest BCUT2D eigenvalue weighted by Gasteiger charge is -2.48. The molecule has 0 saturated heterocycles. The summed E-state index contributed by atoms with van der Waals surface area (Å²) in [5, 5.41) is 0. The quantitative estimate of drug-likeness (QED) is 0.640. The first-order valence-electron chi connectivity index (χ1n) is 9.08. The van der Waals surface area contributed by atoms with Crippen LogP contribution in [0.15, 0.2) is 72.8 Å². The fourth-order valence-corrected chi connectivity index (χ4v) is 4.26. The summed E-state index contributed by atoms with van der Waals surface area (Å²) >= 11 is 0. The highest BCUT2D eigenvalue weighted by Crippen LogP contribution is 2.44. The number of benzene rings is 3. The van der Waals surface area contributed by atoms with Crippen molar-refractivity contribution in [3.63, 3.8) is 0 Å². The maximum absolute atomic E-state index is 13.5. The molecule has 0 radical (unpaired) electrons. The summed E-state index contributed by atoms with van der Waals surface area (Å²) in [5.41, 5.74) is 6.49. The molecule has 1 amide bonds. The van der Waals surface area contributed by atoms with Crippen LogP contribution in [0.25, 0.3) is 0 Å². The van der Waals surface area contributed by atoms with Gasteiger partial charge >= 0.3 is 0 Å². The van der Waals surface area contributed by atoms with E-state index in [-0.39, 0.29) is 12.1 Å². The molecule has 0 saturated carbocycles. The van der Waals surface area contributed by atoms with Gasteiger partial charge in [0.05, 0.1) is 11.3 Å². The summed E-state index contributed by atoms with van der Waals surface area (Å²) in [6.45, 7) is 2.98. The molecular formula is C23H20N2O. The highest BCUT2D eigenvalue weighted by Gasteiger charge is 2.41. The van der Waals surface area contributed by atoms with E-state index in [1.54, 1.807) is 0 Å². The van der Waals surface area contributed by atoms with Gasteiger partial charge < -0.3 is 4.90 Å². The van der Waals surface area contributed by atoms with E-state index >= 15 is 0 Å². The molecule has 2 aliphatic rings. The first kappa shape index (κ1) is 15.2. The molecule has 0 spiro atoms. The number of nitrogens with zero attached hydrogens (tertiary/aromatic N) is 2. The third-order valence-corrected chi connectivity index (χ3v) is 5.44. The Labute approximate surface area is 153 Å². The fourth-order valence-electron chi connectivity index (χ4n) is 4.26. The molecule has 128 valence electrons. The molecule has 3 heteroatoms. The second kappa shape index (κ2) is 5.73. The van der Waals surface area contributed by atoms with Crippen molar-refractivity contribution >= 4 is 17.3 Å². The SMILES string of the molecule is Cc1cccc(N2C(=O)c3ccccc3N3CCc4ccccc4C32)c1. The zero-order valence-electron chi connectivity index (χ0n) is 14.7. The average Bonchev–Trinajstić information content (AvgIpc) is 2.68. The summed E-state index contributed by atoms with van der Waals surface area (Å²) < 4.78 is 0. The molecule has 2 aliphatic heterocycles. The Morgan fingerprint density at radius 2 is 1.73 bits per heavy atom. The van der Waals surface area contributed by atoms with Crippen molar-refractivity contribution in [2.24, 2.45) is 0 Å². The monoisotopic (exact) mass is 340 g/mol. The first-order chi connectivity index (χ1) is 12.7. The normalized spacial score (nSPS) is 18.2. The topological polar surface area (TPSA) is 23.6 Å². The van der Waals surface area contributed by atoms with E-state index < -0.39 is 0 Å². The van der Waals surface area contributed by atoms with Crippen molar-refractivity contribution in [3.8, 4) is 0 Å². The van der Waals surface area contributed by atoms with Crippen molar-refractivity contribution in [1.82, 2.24) is 0 Å². The molecule has 5 rings (SSSR count). The van der Waals surface area contributed by atoms with Gasteiger partial charge in [0.25, 0.3) is 5.91 Å². The minimum Gasteiger partial charge on any atom is -0.346 e. The van der Waals surface area contributed by atoms with Crippen LogP contribution >= 0.6 is 0 Å². The van der Waals surface area contributed by atoms with Crippen molar-refractivity contribution in [3.05, 3.63) is 95.1 Å². The van der Waals surface area contributed by atoms with Gasteiger partial charge in [-0.3, -0.25) is 9.69 Å². The van der Waals surface area contributed by atoms with Crippen LogP contribution in [0.2, 0.25) is 0 Å². The van der Waals surface area contributed by atoms with Crippen LogP contribution in [-0.2, 0) is 6.42 Å². The Morgan fingerprint density at radius 3 is 2.62 bits per heavy atom. The van der Waals surface area contributed by atoms with Gasteiger partial charge in [-0.1, -0.05) is 48.5 Å². The van der Waals surface area contributed by atoms with Crippen LogP contribution in [0.4, 0.5) is 11.4 Å². The van der Waals surface area contributed by atoms with Gasteiger partial charge in [0.15, 0.2) is 0 Å². The lowest BCUT2D eigenvalue weighted by Crippen LogP contribution is -2.52. The maximum atomic E-state index is 13.5. The van der Waals surface area contributed by atoms with E-state index in [1.165, 1.54) is 11.1 Å². The molecule has 0 aliphatic carbocycles. The van der Waals surface area contributed by atoms with E-state index in [0.717, 1.165) is 35.5 Å². The zero-order valence-corrected chi connectivity index (χ0v) is 14.7. The van der Waals surface area contributed by atoms with Crippen LogP contribution in [0, 0.1) is 6.92 Å². The van der Waals surface area contributed by atoms with Crippen molar-refractivity contribution in [2.45, 2.75) is 19.5 Å². The number of carbonyl (C=O) groups excluding carboxylic acids is 1. The van der Waals surface area contributed by atoms with Crippen LogP contribution in [-0.4, -0.2) is 12.5 Å². The Balaban J connectivity index is 1.76. The van der Waals surface area contributed by atoms with Gasteiger partial charge in [0.2, 0.25) is 0 Å². The van der Waals surface area contributed by atoms with Gasteiger partial charge in [-0.15, -0.1) is 0 Å². The highest BCUT2D eigenvalue weighted by atomic mass is 16.2.